The highest BCUT2D eigenvalue weighted by molar-refractivity contribution is 7.87. The molecule has 7 nitrogen and oxygen atoms in total. The molecular weight excluding hydrogens is 296 g/mol. The van der Waals surface area contributed by atoms with Gasteiger partial charge in [0.25, 0.3) is 10.2 Å². The standard InChI is InChI=1S/C13H18N2O5S/c1-19-12-7-9(3-6-11(12)13(16)20-2)8-14-21(17,18)15-10-4-5-10/h3,6-7,10,14-15H,4-5,8H2,1-2H3. The third kappa shape index (κ3) is 4.42. The first-order valence-electron chi connectivity index (χ1n) is 6.47. The molecule has 8 heteroatoms. The van der Waals surface area contributed by atoms with E-state index in [2.05, 4.69) is 14.2 Å². The van der Waals surface area contributed by atoms with Crippen LogP contribution in [-0.4, -0.2) is 34.6 Å². The van der Waals surface area contributed by atoms with E-state index in [9.17, 15) is 13.2 Å². The number of esters is 1. The molecule has 21 heavy (non-hydrogen) atoms. The number of rotatable bonds is 7. The van der Waals surface area contributed by atoms with Gasteiger partial charge in [-0.05, 0) is 30.5 Å². The third-order valence-electron chi connectivity index (χ3n) is 3.04. The van der Waals surface area contributed by atoms with Crippen molar-refractivity contribution in [3.63, 3.8) is 0 Å². The number of hydrogen-bond acceptors (Lipinski definition) is 5. The fourth-order valence-electron chi connectivity index (χ4n) is 1.76. The number of benzene rings is 1. The van der Waals surface area contributed by atoms with Crippen LogP contribution in [-0.2, 0) is 21.5 Å². The lowest BCUT2D eigenvalue weighted by Crippen LogP contribution is -2.37. The van der Waals surface area contributed by atoms with Crippen molar-refractivity contribution in [1.82, 2.24) is 9.44 Å². The Morgan fingerprint density at radius 3 is 2.62 bits per heavy atom. The number of nitrogens with one attached hydrogen (secondary N) is 2. The summed E-state index contributed by atoms with van der Waals surface area (Å²) in [6, 6.07) is 4.85. The molecule has 0 aliphatic heterocycles. The number of carbonyl (C=O) groups is 1. The molecule has 0 unspecified atom stereocenters. The minimum absolute atomic E-state index is 0.0544. The van der Waals surface area contributed by atoms with Crippen LogP contribution in [0.15, 0.2) is 18.2 Å². The number of hydrogen-bond donors (Lipinski definition) is 2. The molecule has 0 spiro atoms. The van der Waals surface area contributed by atoms with Crippen LogP contribution in [0.1, 0.15) is 28.8 Å². The summed E-state index contributed by atoms with van der Waals surface area (Å²) in [5.74, 6) is -0.164. The molecule has 0 saturated heterocycles. The normalized spacial score (nSPS) is 14.8. The first-order valence-corrected chi connectivity index (χ1v) is 7.95. The fraction of sp³-hybridized carbons (Fsp3) is 0.462. The molecule has 0 bridgehead atoms. The molecule has 0 radical (unpaired) electrons. The molecule has 1 aromatic rings. The van der Waals surface area contributed by atoms with E-state index >= 15 is 0 Å². The Bertz CT molecular complexity index is 625. The largest absolute Gasteiger partial charge is 0.496 e. The average Bonchev–Trinajstić information content (AvgIpc) is 3.27. The van der Waals surface area contributed by atoms with Gasteiger partial charge >= 0.3 is 5.97 Å². The average molecular weight is 314 g/mol. The highest BCUT2D eigenvalue weighted by atomic mass is 32.2. The van der Waals surface area contributed by atoms with Crippen LogP contribution in [0.3, 0.4) is 0 Å². The molecule has 1 aliphatic rings. The zero-order valence-corrected chi connectivity index (χ0v) is 12.7. The zero-order valence-electron chi connectivity index (χ0n) is 11.9. The molecule has 1 aliphatic carbocycles. The van der Waals surface area contributed by atoms with E-state index in [1.807, 2.05) is 0 Å². The van der Waals surface area contributed by atoms with Crippen molar-refractivity contribution in [3.8, 4) is 5.75 Å². The van der Waals surface area contributed by atoms with Gasteiger partial charge in [0.1, 0.15) is 11.3 Å². The summed E-state index contributed by atoms with van der Waals surface area (Å²) >= 11 is 0. The SMILES string of the molecule is COC(=O)c1ccc(CNS(=O)(=O)NC2CC2)cc1OC. The van der Waals surface area contributed by atoms with Crippen molar-refractivity contribution in [2.45, 2.75) is 25.4 Å². The van der Waals surface area contributed by atoms with E-state index in [1.165, 1.54) is 14.2 Å². The number of methoxy groups -OCH3 is 2. The van der Waals surface area contributed by atoms with Crippen LogP contribution in [0.2, 0.25) is 0 Å². The minimum atomic E-state index is -3.50. The molecule has 0 aromatic heterocycles. The lowest BCUT2D eigenvalue weighted by molar-refractivity contribution is 0.0597. The summed E-state index contributed by atoms with van der Waals surface area (Å²) in [4.78, 5) is 11.5. The molecule has 116 valence electrons. The lowest BCUT2D eigenvalue weighted by Gasteiger charge is -2.11. The first kappa shape index (κ1) is 15.7. The van der Waals surface area contributed by atoms with E-state index in [-0.39, 0.29) is 12.6 Å². The van der Waals surface area contributed by atoms with Gasteiger partial charge in [0, 0.05) is 12.6 Å². The molecule has 0 heterocycles. The summed E-state index contributed by atoms with van der Waals surface area (Å²) in [7, 11) is -0.780. The van der Waals surface area contributed by atoms with Crippen LogP contribution < -0.4 is 14.2 Å². The summed E-state index contributed by atoms with van der Waals surface area (Å²) < 4.78 is 38.1. The maximum atomic E-state index is 11.7. The van der Waals surface area contributed by atoms with E-state index in [0.29, 0.717) is 16.9 Å². The molecular formula is C13H18N2O5S. The van der Waals surface area contributed by atoms with Crippen LogP contribution >= 0.6 is 0 Å². The molecule has 2 N–H and O–H groups in total. The van der Waals surface area contributed by atoms with E-state index < -0.39 is 16.2 Å². The third-order valence-corrected chi connectivity index (χ3v) is 4.20. The van der Waals surface area contributed by atoms with Crippen molar-refractivity contribution in [2.24, 2.45) is 0 Å². The van der Waals surface area contributed by atoms with Crippen LogP contribution in [0.4, 0.5) is 0 Å². The second-order valence-corrected chi connectivity index (χ2v) is 6.27. The Kier molecular flexibility index (Phi) is 4.81. The second-order valence-electron chi connectivity index (χ2n) is 4.74. The van der Waals surface area contributed by atoms with Gasteiger partial charge in [0.05, 0.1) is 14.2 Å². The number of ether oxygens (including phenoxy) is 2. The van der Waals surface area contributed by atoms with Gasteiger partial charge in [-0.1, -0.05) is 6.07 Å². The highest BCUT2D eigenvalue weighted by Gasteiger charge is 2.26. The highest BCUT2D eigenvalue weighted by Crippen LogP contribution is 2.22. The Labute approximate surface area is 123 Å². The van der Waals surface area contributed by atoms with Crippen molar-refractivity contribution >= 4 is 16.2 Å². The van der Waals surface area contributed by atoms with E-state index in [1.54, 1.807) is 18.2 Å². The van der Waals surface area contributed by atoms with Crippen molar-refractivity contribution in [1.29, 1.82) is 0 Å². The monoisotopic (exact) mass is 314 g/mol. The van der Waals surface area contributed by atoms with Gasteiger partial charge in [-0.25, -0.2) is 4.79 Å². The van der Waals surface area contributed by atoms with Gasteiger partial charge in [0.15, 0.2) is 0 Å². The van der Waals surface area contributed by atoms with Crippen LogP contribution in [0.5, 0.6) is 5.75 Å². The summed E-state index contributed by atoms with van der Waals surface area (Å²) in [5, 5.41) is 0. The lowest BCUT2D eigenvalue weighted by atomic mass is 10.1. The number of carbonyl (C=O) groups excluding carboxylic acids is 1. The van der Waals surface area contributed by atoms with Gasteiger partial charge < -0.3 is 9.47 Å². The van der Waals surface area contributed by atoms with Crippen molar-refractivity contribution in [3.05, 3.63) is 29.3 Å². The summed E-state index contributed by atoms with van der Waals surface area (Å²) in [6.07, 6.45) is 1.76. The molecule has 0 atom stereocenters. The molecule has 1 fully saturated rings. The Morgan fingerprint density at radius 1 is 1.33 bits per heavy atom. The summed E-state index contributed by atoms with van der Waals surface area (Å²) in [5.41, 5.74) is 0.975. The van der Waals surface area contributed by atoms with Crippen LogP contribution in [0, 0.1) is 0 Å². The fourth-order valence-corrected chi connectivity index (χ4v) is 2.88. The van der Waals surface area contributed by atoms with Gasteiger partial charge in [-0.3, -0.25) is 0 Å². The Balaban J connectivity index is 2.05. The minimum Gasteiger partial charge on any atom is -0.496 e. The van der Waals surface area contributed by atoms with E-state index in [4.69, 9.17) is 4.74 Å². The molecule has 0 amide bonds. The smallest absolute Gasteiger partial charge is 0.341 e. The van der Waals surface area contributed by atoms with Crippen molar-refractivity contribution < 1.29 is 22.7 Å². The van der Waals surface area contributed by atoms with Crippen molar-refractivity contribution in [2.75, 3.05) is 14.2 Å². The Morgan fingerprint density at radius 2 is 2.05 bits per heavy atom. The van der Waals surface area contributed by atoms with Gasteiger partial charge in [-0.2, -0.15) is 17.9 Å². The topological polar surface area (TPSA) is 93.7 Å². The van der Waals surface area contributed by atoms with Crippen LogP contribution in [0.25, 0.3) is 0 Å². The maximum Gasteiger partial charge on any atom is 0.341 e. The van der Waals surface area contributed by atoms with E-state index in [0.717, 1.165) is 12.8 Å². The molecule has 1 aromatic carbocycles. The first-order chi connectivity index (χ1) is 9.95. The maximum absolute atomic E-state index is 11.7. The van der Waals surface area contributed by atoms with Gasteiger partial charge in [0.2, 0.25) is 0 Å². The predicted molar refractivity (Wildman–Crippen MR) is 76.3 cm³/mol. The van der Waals surface area contributed by atoms with Gasteiger partial charge in [-0.15, -0.1) is 0 Å². The molecule has 1 saturated carbocycles. The summed E-state index contributed by atoms with van der Waals surface area (Å²) in [6.45, 7) is 0.111. The predicted octanol–water partition coefficient (Wildman–Crippen LogP) is 0.568. The second kappa shape index (κ2) is 6.42. The Hall–Kier alpha value is -1.64. The quantitative estimate of drug-likeness (QED) is 0.718. The zero-order chi connectivity index (χ0) is 15.5. The molecule has 2 rings (SSSR count).